The molecular weight excluding hydrogens is 515 g/mol. The van der Waals surface area contributed by atoms with Gasteiger partial charge in [0.25, 0.3) is 5.91 Å². The van der Waals surface area contributed by atoms with Crippen LogP contribution in [0, 0.1) is 11.6 Å². The molecule has 0 bridgehead atoms. The zero-order chi connectivity index (χ0) is 21.5. The van der Waals surface area contributed by atoms with Crippen molar-refractivity contribution < 1.29 is 13.6 Å². The predicted octanol–water partition coefficient (Wildman–Crippen LogP) is 2.93. The Morgan fingerprint density at radius 2 is 1.90 bits per heavy atom. The van der Waals surface area contributed by atoms with Gasteiger partial charge in [0.2, 0.25) is 0 Å². The summed E-state index contributed by atoms with van der Waals surface area (Å²) in [7, 11) is 3.29. The molecule has 0 aromatic heterocycles. The first-order chi connectivity index (χ1) is 14.5. The largest absolute Gasteiger partial charge is 0.365 e. The van der Waals surface area contributed by atoms with Gasteiger partial charge in [0, 0.05) is 45.3 Å². The number of nitrogens with one attached hydrogen (secondary N) is 3. The molecule has 168 valence electrons. The van der Waals surface area contributed by atoms with E-state index in [0.717, 1.165) is 18.4 Å². The molecule has 9 heteroatoms. The number of hydrogen-bond acceptors (Lipinski definition) is 3. The number of nitrogens with zero attached hydrogens (tertiary/aromatic N) is 2. The number of carbonyl (C=O) groups excluding carboxylic acids is 1. The second-order valence-electron chi connectivity index (χ2n) is 7.17. The van der Waals surface area contributed by atoms with E-state index in [2.05, 4.69) is 20.9 Å². The number of amides is 1. The number of halogens is 3. The van der Waals surface area contributed by atoms with Crippen LogP contribution in [0.4, 0.5) is 14.5 Å². The lowest BCUT2D eigenvalue weighted by Gasteiger charge is -2.21. The second kappa shape index (κ2) is 11.8. The summed E-state index contributed by atoms with van der Waals surface area (Å²) in [5.74, 6) is -0.563. The predicted molar refractivity (Wildman–Crippen MR) is 130 cm³/mol. The molecule has 3 rings (SSSR count). The first-order valence-corrected chi connectivity index (χ1v) is 9.99. The van der Waals surface area contributed by atoms with Crippen LogP contribution >= 0.6 is 24.0 Å². The summed E-state index contributed by atoms with van der Waals surface area (Å²) in [5.41, 5.74) is 1.70. The van der Waals surface area contributed by atoms with Gasteiger partial charge >= 0.3 is 0 Å². The van der Waals surface area contributed by atoms with Crippen molar-refractivity contribution in [1.29, 1.82) is 0 Å². The second-order valence-corrected chi connectivity index (χ2v) is 7.17. The fraction of sp³-hybridized carbons (Fsp3) is 0.364. The maximum atomic E-state index is 14.0. The Labute approximate surface area is 198 Å². The van der Waals surface area contributed by atoms with E-state index in [0.29, 0.717) is 31.2 Å². The Morgan fingerprint density at radius 1 is 1.19 bits per heavy atom. The molecule has 1 saturated heterocycles. The van der Waals surface area contributed by atoms with Crippen molar-refractivity contribution in [3.05, 3.63) is 65.2 Å². The standard InChI is InChI=1S/C22H27F2N5O.HI/c1-25-21(30)16-6-3-5-15(13-16)9-11-27-22(26-2)28-17-10-12-29(14-17)20-18(23)7-4-8-19(20)24;/h3-8,13,17H,9-12,14H2,1-2H3,(H,25,30)(H2,26,27,28);1H. The average molecular weight is 543 g/mol. The monoisotopic (exact) mass is 543 g/mol. The highest BCUT2D eigenvalue weighted by atomic mass is 127. The third kappa shape index (κ3) is 6.52. The Morgan fingerprint density at radius 3 is 2.58 bits per heavy atom. The van der Waals surface area contributed by atoms with E-state index in [9.17, 15) is 13.6 Å². The van der Waals surface area contributed by atoms with Crippen LogP contribution in [0.5, 0.6) is 0 Å². The molecule has 1 aliphatic heterocycles. The van der Waals surface area contributed by atoms with Crippen molar-refractivity contribution >= 4 is 41.5 Å². The van der Waals surface area contributed by atoms with Gasteiger partial charge in [-0.1, -0.05) is 18.2 Å². The summed E-state index contributed by atoms with van der Waals surface area (Å²) in [6.45, 7) is 1.70. The van der Waals surface area contributed by atoms with Crippen LogP contribution in [0.3, 0.4) is 0 Å². The molecule has 0 saturated carbocycles. The lowest BCUT2D eigenvalue weighted by atomic mass is 10.1. The van der Waals surface area contributed by atoms with Gasteiger partial charge in [0.1, 0.15) is 17.3 Å². The molecule has 1 heterocycles. The van der Waals surface area contributed by atoms with Crippen LogP contribution in [-0.2, 0) is 6.42 Å². The zero-order valence-corrected chi connectivity index (χ0v) is 20.0. The minimum atomic E-state index is -0.544. The number of rotatable bonds is 6. The molecule has 2 aromatic rings. The minimum absolute atomic E-state index is 0. The number of benzene rings is 2. The van der Waals surface area contributed by atoms with Crippen LogP contribution in [0.2, 0.25) is 0 Å². The molecular formula is C22H28F2IN5O. The van der Waals surface area contributed by atoms with E-state index in [1.807, 2.05) is 18.2 Å². The summed E-state index contributed by atoms with van der Waals surface area (Å²) < 4.78 is 28.0. The summed E-state index contributed by atoms with van der Waals surface area (Å²) >= 11 is 0. The van der Waals surface area contributed by atoms with E-state index in [1.54, 1.807) is 25.1 Å². The number of para-hydroxylation sites is 1. The molecule has 0 aliphatic carbocycles. The number of aliphatic imine (C=N–C) groups is 1. The summed E-state index contributed by atoms with van der Waals surface area (Å²) in [6, 6.07) is 11.4. The molecule has 0 radical (unpaired) electrons. The molecule has 31 heavy (non-hydrogen) atoms. The van der Waals surface area contributed by atoms with Gasteiger partial charge < -0.3 is 20.9 Å². The Balaban J connectivity index is 0.00000341. The summed E-state index contributed by atoms with van der Waals surface area (Å²) in [4.78, 5) is 17.7. The van der Waals surface area contributed by atoms with Crippen LogP contribution < -0.4 is 20.9 Å². The van der Waals surface area contributed by atoms with Crippen LogP contribution in [-0.4, -0.2) is 51.6 Å². The third-order valence-electron chi connectivity index (χ3n) is 5.13. The summed E-state index contributed by atoms with van der Waals surface area (Å²) in [5, 5.41) is 9.19. The molecule has 0 spiro atoms. The molecule has 3 N–H and O–H groups in total. The van der Waals surface area contributed by atoms with E-state index >= 15 is 0 Å². The highest BCUT2D eigenvalue weighted by Gasteiger charge is 2.27. The van der Waals surface area contributed by atoms with Gasteiger partial charge in [-0.3, -0.25) is 9.79 Å². The highest BCUT2D eigenvalue weighted by molar-refractivity contribution is 14.0. The highest BCUT2D eigenvalue weighted by Crippen LogP contribution is 2.26. The number of hydrogen-bond donors (Lipinski definition) is 3. The smallest absolute Gasteiger partial charge is 0.251 e. The van der Waals surface area contributed by atoms with Crippen molar-refractivity contribution in [1.82, 2.24) is 16.0 Å². The quantitative estimate of drug-likeness (QED) is 0.298. The van der Waals surface area contributed by atoms with Crippen molar-refractivity contribution in [2.45, 2.75) is 18.9 Å². The maximum absolute atomic E-state index is 14.0. The Hall–Kier alpha value is -2.43. The third-order valence-corrected chi connectivity index (χ3v) is 5.13. The Kier molecular flexibility index (Phi) is 9.47. The maximum Gasteiger partial charge on any atom is 0.251 e. The van der Waals surface area contributed by atoms with E-state index < -0.39 is 11.6 Å². The van der Waals surface area contributed by atoms with Crippen LogP contribution in [0.1, 0.15) is 22.3 Å². The van der Waals surface area contributed by atoms with Crippen LogP contribution in [0.25, 0.3) is 0 Å². The molecule has 1 unspecified atom stereocenters. The van der Waals surface area contributed by atoms with Crippen LogP contribution in [0.15, 0.2) is 47.5 Å². The van der Waals surface area contributed by atoms with Gasteiger partial charge in [-0.2, -0.15) is 0 Å². The van der Waals surface area contributed by atoms with Gasteiger partial charge in [-0.15, -0.1) is 24.0 Å². The van der Waals surface area contributed by atoms with Gasteiger partial charge in [-0.05, 0) is 42.7 Å². The normalized spacial score (nSPS) is 15.9. The van der Waals surface area contributed by atoms with E-state index in [1.165, 1.54) is 18.2 Å². The van der Waals surface area contributed by atoms with Crippen molar-refractivity contribution in [2.24, 2.45) is 4.99 Å². The van der Waals surface area contributed by atoms with Gasteiger partial charge in [-0.25, -0.2) is 8.78 Å². The SMILES string of the molecule is CN=C(NCCc1cccc(C(=O)NC)c1)NC1CCN(c2c(F)cccc2F)C1.I. The fourth-order valence-corrected chi connectivity index (χ4v) is 3.60. The molecule has 2 aromatic carbocycles. The molecule has 1 fully saturated rings. The minimum Gasteiger partial charge on any atom is -0.365 e. The first-order valence-electron chi connectivity index (χ1n) is 9.99. The fourth-order valence-electron chi connectivity index (χ4n) is 3.60. The number of anilines is 1. The molecule has 1 atom stereocenters. The molecule has 6 nitrogen and oxygen atoms in total. The van der Waals surface area contributed by atoms with Crippen molar-refractivity contribution in [2.75, 3.05) is 38.6 Å². The Bertz CT molecular complexity index is 904. The van der Waals surface area contributed by atoms with Gasteiger partial charge in [0.05, 0.1) is 0 Å². The van der Waals surface area contributed by atoms with E-state index in [4.69, 9.17) is 0 Å². The number of guanidine groups is 1. The lowest BCUT2D eigenvalue weighted by Crippen LogP contribution is -2.45. The topological polar surface area (TPSA) is 68.8 Å². The zero-order valence-electron chi connectivity index (χ0n) is 17.6. The number of carbonyl (C=O) groups is 1. The van der Waals surface area contributed by atoms with E-state index in [-0.39, 0.29) is 41.6 Å². The molecule has 1 amide bonds. The first kappa shape index (κ1) is 24.8. The lowest BCUT2D eigenvalue weighted by molar-refractivity contribution is 0.0963. The summed E-state index contributed by atoms with van der Waals surface area (Å²) in [6.07, 6.45) is 1.48. The van der Waals surface area contributed by atoms with Crippen molar-refractivity contribution in [3.8, 4) is 0 Å². The average Bonchev–Trinajstić information content (AvgIpc) is 3.20. The van der Waals surface area contributed by atoms with Gasteiger partial charge in [0.15, 0.2) is 5.96 Å². The molecule has 1 aliphatic rings. The van der Waals surface area contributed by atoms with Crippen molar-refractivity contribution in [3.63, 3.8) is 0 Å².